The molecule has 0 aliphatic rings. The Labute approximate surface area is 134 Å². The van der Waals surface area contributed by atoms with Crippen molar-refractivity contribution >= 4 is 27.8 Å². The lowest BCUT2D eigenvalue weighted by Crippen LogP contribution is -1.89. The highest BCUT2D eigenvalue weighted by atomic mass is 32.1. The topological polar surface area (TPSA) is 69.6 Å². The van der Waals surface area contributed by atoms with Gasteiger partial charge < -0.3 is 10.3 Å². The Morgan fingerprint density at radius 2 is 1.77 bits per heavy atom. The van der Waals surface area contributed by atoms with Gasteiger partial charge in [-0.25, -0.2) is 15.0 Å². The Morgan fingerprint density at radius 3 is 2.45 bits per heavy atom. The van der Waals surface area contributed by atoms with Gasteiger partial charge in [0, 0.05) is 34.4 Å². The summed E-state index contributed by atoms with van der Waals surface area (Å²) < 4.78 is 1.97. The number of nitrogen functional groups attached to an aromatic ring is 1. The zero-order valence-electron chi connectivity index (χ0n) is 11.4. The van der Waals surface area contributed by atoms with Crippen molar-refractivity contribution in [2.45, 2.75) is 0 Å². The van der Waals surface area contributed by atoms with Crippen LogP contribution in [0.3, 0.4) is 0 Å². The summed E-state index contributed by atoms with van der Waals surface area (Å²) in [4.78, 5) is 13.0. The van der Waals surface area contributed by atoms with E-state index in [1.54, 1.807) is 23.9 Å². The molecule has 0 fully saturated rings. The van der Waals surface area contributed by atoms with Crippen molar-refractivity contribution in [2.75, 3.05) is 5.73 Å². The Bertz CT molecular complexity index is 890. The van der Waals surface area contributed by atoms with Gasteiger partial charge >= 0.3 is 0 Å². The summed E-state index contributed by atoms with van der Waals surface area (Å²) in [6.07, 6.45) is 5.46. The lowest BCUT2D eigenvalue weighted by Gasteiger charge is -2.02. The van der Waals surface area contributed by atoms with Crippen LogP contribution in [0.2, 0.25) is 0 Å². The monoisotopic (exact) mass is 325 g/mol. The van der Waals surface area contributed by atoms with Crippen molar-refractivity contribution < 1.29 is 0 Å². The first-order valence-electron chi connectivity index (χ1n) is 6.55. The van der Waals surface area contributed by atoms with Crippen molar-refractivity contribution in [3.8, 4) is 27.6 Å². The molecule has 3 aromatic heterocycles. The Morgan fingerprint density at radius 1 is 0.955 bits per heavy atom. The molecule has 7 heteroatoms. The summed E-state index contributed by atoms with van der Waals surface area (Å²) in [5, 5.41) is 5.43. The minimum Gasteiger partial charge on any atom is -0.375 e. The molecule has 108 valence electrons. The lowest BCUT2D eigenvalue weighted by atomic mass is 10.1. The predicted octanol–water partition coefficient (Wildman–Crippen LogP) is 3.70. The highest BCUT2D eigenvalue weighted by Crippen LogP contribution is 2.30. The Hall–Kier alpha value is -2.51. The second kappa shape index (κ2) is 5.36. The van der Waals surface area contributed by atoms with E-state index < -0.39 is 0 Å². The average Bonchev–Trinajstić information content (AvgIpc) is 3.28. The molecule has 3 heterocycles. The normalized spacial score (nSPS) is 10.9. The number of hydrogen-bond acceptors (Lipinski definition) is 6. The van der Waals surface area contributed by atoms with Crippen LogP contribution >= 0.6 is 22.7 Å². The number of hydrogen-bond donors (Lipinski definition) is 1. The van der Waals surface area contributed by atoms with E-state index in [-0.39, 0.29) is 0 Å². The first-order valence-corrected chi connectivity index (χ1v) is 8.31. The molecule has 1 aromatic carbocycles. The molecule has 5 nitrogen and oxygen atoms in total. The van der Waals surface area contributed by atoms with Crippen molar-refractivity contribution in [1.29, 1.82) is 0 Å². The second-order valence-corrected chi connectivity index (χ2v) is 6.37. The smallest absolute Gasteiger partial charge is 0.180 e. The molecule has 0 atom stereocenters. The maximum atomic E-state index is 5.67. The molecule has 0 amide bonds. The Balaban J connectivity index is 1.64. The first-order chi connectivity index (χ1) is 10.8. The molecule has 4 aromatic rings. The van der Waals surface area contributed by atoms with Gasteiger partial charge in [-0.05, 0) is 12.1 Å². The third-order valence-electron chi connectivity index (χ3n) is 3.21. The summed E-state index contributed by atoms with van der Waals surface area (Å²) in [6.45, 7) is 0. The zero-order valence-corrected chi connectivity index (χ0v) is 13.0. The van der Waals surface area contributed by atoms with Gasteiger partial charge in [-0.1, -0.05) is 12.1 Å². The van der Waals surface area contributed by atoms with Gasteiger partial charge in [-0.15, -0.1) is 22.7 Å². The minimum atomic E-state index is 0.566. The summed E-state index contributed by atoms with van der Waals surface area (Å²) in [7, 11) is 0. The molecule has 0 aliphatic heterocycles. The van der Waals surface area contributed by atoms with Crippen LogP contribution in [0.5, 0.6) is 0 Å². The number of imidazole rings is 1. The van der Waals surface area contributed by atoms with E-state index in [0.717, 1.165) is 27.6 Å². The van der Waals surface area contributed by atoms with Crippen LogP contribution in [0.25, 0.3) is 27.6 Å². The first kappa shape index (κ1) is 13.2. The summed E-state index contributed by atoms with van der Waals surface area (Å²) in [5.41, 5.74) is 9.61. The second-order valence-electron chi connectivity index (χ2n) is 4.63. The number of aromatic nitrogens is 4. The van der Waals surface area contributed by atoms with Gasteiger partial charge in [0.05, 0.1) is 12.0 Å². The zero-order chi connectivity index (χ0) is 14.9. The Kier molecular flexibility index (Phi) is 3.21. The third kappa shape index (κ3) is 2.40. The van der Waals surface area contributed by atoms with Crippen LogP contribution in [0.4, 0.5) is 5.13 Å². The molecule has 22 heavy (non-hydrogen) atoms. The molecule has 0 saturated carbocycles. The standard InChI is InChI=1S/C15H11N5S2/c16-15-19-13(8-22-15)14-18-12(7-21-14)10-1-3-11(4-2-10)20-6-5-17-9-20/h1-9H,(H2,16,19). The summed E-state index contributed by atoms with van der Waals surface area (Å²) >= 11 is 3.00. The van der Waals surface area contributed by atoms with E-state index >= 15 is 0 Å². The quantitative estimate of drug-likeness (QED) is 0.623. The fourth-order valence-electron chi connectivity index (χ4n) is 2.13. The maximum absolute atomic E-state index is 5.67. The van der Waals surface area contributed by atoms with Gasteiger partial charge in [-0.2, -0.15) is 0 Å². The van der Waals surface area contributed by atoms with E-state index in [0.29, 0.717) is 5.13 Å². The van der Waals surface area contributed by atoms with Crippen LogP contribution in [0.1, 0.15) is 0 Å². The van der Waals surface area contributed by atoms with Gasteiger partial charge in [0.15, 0.2) is 5.13 Å². The molecule has 0 aliphatic carbocycles. The van der Waals surface area contributed by atoms with Crippen molar-refractivity contribution in [3.05, 3.63) is 53.7 Å². The SMILES string of the molecule is Nc1nc(-c2nc(-c3ccc(-n4ccnc4)cc3)cs2)cs1. The minimum absolute atomic E-state index is 0.566. The number of nitrogens with two attached hydrogens (primary N) is 1. The van der Waals surface area contributed by atoms with Gasteiger partial charge in [0.25, 0.3) is 0 Å². The molecule has 0 bridgehead atoms. The molecule has 2 N–H and O–H groups in total. The van der Waals surface area contributed by atoms with E-state index in [1.807, 2.05) is 21.5 Å². The van der Waals surface area contributed by atoms with E-state index in [9.17, 15) is 0 Å². The lowest BCUT2D eigenvalue weighted by molar-refractivity contribution is 1.06. The average molecular weight is 325 g/mol. The van der Waals surface area contributed by atoms with Gasteiger partial charge in [0.1, 0.15) is 10.7 Å². The summed E-state index contributed by atoms with van der Waals surface area (Å²) in [6, 6.07) is 8.22. The number of thiazole rings is 2. The molecule has 0 saturated heterocycles. The maximum Gasteiger partial charge on any atom is 0.180 e. The van der Waals surface area contributed by atoms with Gasteiger partial charge in [-0.3, -0.25) is 0 Å². The van der Waals surface area contributed by atoms with E-state index in [2.05, 4.69) is 39.2 Å². The fraction of sp³-hybridized carbons (Fsp3) is 0. The highest BCUT2D eigenvalue weighted by molar-refractivity contribution is 7.15. The van der Waals surface area contributed by atoms with Crippen molar-refractivity contribution in [3.63, 3.8) is 0 Å². The summed E-state index contributed by atoms with van der Waals surface area (Å²) in [5.74, 6) is 0. The molecule has 0 radical (unpaired) electrons. The molecule has 0 unspecified atom stereocenters. The van der Waals surface area contributed by atoms with E-state index in [4.69, 9.17) is 5.73 Å². The number of nitrogens with zero attached hydrogens (tertiary/aromatic N) is 4. The van der Waals surface area contributed by atoms with Crippen molar-refractivity contribution in [1.82, 2.24) is 19.5 Å². The van der Waals surface area contributed by atoms with Crippen LogP contribution in [-0.2, 0) is 0 Å². The number of benzene rings is 1. The fourth-order valence-corrected chi connectivity index (χ4v) is 3.54. The van der Waals surface area contributed by atoms with Gasteiger partial charge in [0.2, 0.25) is 0 Å². The molecule has 4 rings (SSSR count). The highest BCUT2D eigenvalue weighted by Gasteiger charge is 2.09. The van der Waals surface area contributed by atoms with Crippen LogP contribution < -0.4 is 5.73 Å². The number of anilines is 1. The van der Waals surface area contributed by atoms with Crippen LogP contribution in [-0.4, -0.2) is 19.5 Å². The predicted molar refractivity (Wildman–Crippen MR) is 90.2 cm³/mol. The largest absolute Gasteiger partial charge is 0.375 e. The number of rotatable bonds is 3. The van der Waals surface area contributed by atoms with Crippen molar-refractivity contribution in [2.24, 2.45) is 0 Å². The van der Waals surface area contributed by atoms with E-state index in [1.165, 1.54) is 11.3 Å². The molecular formula is C15H11N5S2. The molecular weight excluding hydrogens is 314 g/mol. The molecule has 0 spiro atoms. The third-order valence-corrected chi connectivity index (χ3v) is 4.75. The van der Waals surface area contributed by atoms with Crippen LogP contribution in [0.15, 0.2) is 53.7 Å². The van der Waals surface area contributed by atoms with Crippen LogP contribution in [0, 0.1) is 0 Å².